The van der Waals surface area contributed by atoms with Crippen molar-refractivity contribution in [3.8, 4) is 0 Å². The minimum atomic E-state index is 0.774. The van der Waals surface area contributed by atoms with Crippen molar-refractivity contribution in [2.24, 2.45) is 0 Å². The number of nitrogens with one attached hydrogen (secondary N) is 1. The molecule has 0 amide bonds. The van der Waals surface area contributed by atoms with Gasteiger partial charge in [-0.2, -0.15) is 0 Å². The minimum Gasteiger partial charge on any atom is -0.380 e. The molecule has 96 valence electrons. The maximum atomic E-state index is 5.61. The number of aromatic amines is 1. The molecule has 0 unspecified atom stereocenters. The Labute approximate surface area is 106 Å². The lowest BCUT2D eigenvalue weighted by molar-refractivity contribution is 0.139. The molecule has 2 aromatic heterocycles. The van der Waals surface area contributed by atoms with Crippen LogP contribution in [0.3, 0.4) is 0 Å². The van der Waals surface area contributed by atoms with Gasteiger partial charge in [-0.15, -0.1) is 0 Å². The quantitative estimate of drug-likeness (QED) is 0.835. The van der Waals surface area contributed by atoms with E-state index in [2.05, 4.69) is 19.9 Å². The average molecular weight is 246 g/mol. The molecule has 0 aliphatic carbocycles. The second kappa shape index (κ2) is 5.35. The third kappa shape index (κ3) is 2.31. The third-order valence-corrected chi connectivity index (χ3v) is 3.35. The maximum Gasteiger partial charge on any atom is 0.142 e. The second-order valence-corrected chi connectivity index (χ2v) is 4.60. The number of hydrogen-bond acceptors (Lipinski definition) is 4. The Bertz CT molecular complexity index is 500. The van der Waals surface area contributed by atoms with Crippen LogP contribution in [0.4, 0.5) is 5.82 Å². The van der Waals surface area contributed by atoms with Gasteiger partial charge in [-0.3, -0.25) is 0 Å². The third-order valence-electron chi connectivity index (χ3n) is 3.35. The van der Waals surface area contributed by atoms with E-state index in [-0.39, 0.29) is 0 Å². The number of anilines is 1. The highest BCUT2D eigenvalue weighted by atomic mass is 16.5. The van der Waals surface area contributed by atoms with E-state index in [1.165, 1.54) is 12.8 Å². The predicted octanol–water partition coefficient (Wildman–Crippen LogP) is 1.96. The van der Waals surface area contributed by atoms with Crippen molar-refractivity contribution in [3.05, 3.63) is 18.6 Å². The van der Waals surface area contributed by atoms with E-state index in [0.29, 0.717) is 0 Å². The van der Waals surface area contributed by atoms with Gasteiger partial charge in [0.1, 0.15) is 17.8 Å². The standard InChI is InChI=1S/C13H18N4O/c1-2-6-17(7-9-18-8-3-1)13-11-4-5-14-12(11)15-10-16-13/h4-5,10H,1-3,6-9H2,(H,14,15,16). The summed E-state index contributed by atoms with van der Waals surface area (Å²) in [5, 5.41) is 1.09. The number of aromatic nitrogens is 3. The van der Waals surface area contributed by atoms with Crippen LogP contribution in [0, 0.1) is 0 Å². The summed E-state index contributed by atoms with van der Waals surface area (Å²) in [5.41, 5.74) is 0.904. The zero-order valence-electron chi connectivity index (χ0n) is 10.4. The Kier molecular flexibility index (Phi) is 3.41. The summed E-state index contributed by atoms with van der Waals surface area (Å²) in [4.78, 5) is 14.1. The van der Waals surface area contributed by atoms with Gasteiger partial charge in [-0.05, 0) is 25.3 Å². The number of hydrogen-bond donors (Lipinski definition) is 1. The number of rotatable bonds is 1. The number of ether oxygens (including phenoxy) is 1. The van der Waals surface area contributed by atoms with Gasteiger partial charge in [0.05, 0.1) is 12.0 Å². The number of fused-ring (bicyclic) bond motifs is 1. The molecule has 1 saturated heterocycles. The molecule has 5 heteroatoms. The maximum absolute atomic E-state index is 5.61. The highest BCUT2D eigenvalue weighted by Gasteiger charge is 2.13. The van der Waals surface area contributed by atoms with Gasteiger partial charge in [-0.25, -0.2) is 9.97 Å². The molecular weight excluding hydrogens is 228 g/mol. The molecule has 0 aromatic carbocycles. The van der Waals surface area contributed by atoms with Gasteiger partial charge in [0.15, 0.2) is 0 Å². The summed E-state index contributed by atoms with van der Waals surface area (Å²) in [6, 6.07) is 2.04. The molecule has 1 N–H and O–H groups in total. The van der Waals surface area contributed by atoms with Crippen LogP contribution in [0.5, 0.6) is 0 Å². The highest BCUT2D eigenvalue weighted by Crippen LogP contribution is 2.22. The molecule has 3 rings (SSSR count). The van der Waals surface area contributed by atoms with Crippen LogP contribution in [-0.2, 0) is 4.74 Å². The Morgan fingerprint density at radius 1 is 1.11 bits per heavy atom. The molecule has 2 aromatic rings. The normalized spacial score (nSPS) is 18.3. The molecule has 0 radical (unpaired) electrons. The lowest BCUT2D eigenvalue weighted by atomic mass is 10.2. The lowest BCUT2D eigenvalue weighted by Crippen LogP contribution is -2.29. The van der Waals surface area contributed by atoms with Crippen molar-refractivity contribution < 1.29 is 4.74 Å². The van der Waals surface area contributed by atoms with Crippen LogP contribution >= 0.6 is 0 Å². The largest absolute Gasteiger partial charge is 0.380 e. The molecule has 5 nitrogen and oxygen atoms in total. The topological polar surface area (TPSA) is 54.0 Å². The molecule has 0 saturated carbocycles. The first-order valence-corrected chi connectivity index (χ1v) is 6.56. The van der Waals surface area contributed by atoms with Crippen molar-refractivity contribution in [2.45, 2.75) is 19.3 Å². The fourth-order valence-electron chi connectivity index (χ4n) is 2.39. The summed E-state index contributed by atoms with van der Waals surface area (Å²) >= 11 is 0. The van der Waals surface area contributed by atoms with Crippen LogP contribution in [0.2, 0.25) is 0 Å². The van der Waals surface area contributed by atoms with Crippen LogP contribution in [-0.4, -0.2) is 41.3 Å². The fraction of sp³-hybridized carbons (Fsp3) is 0.538. The molecule has 1 aliphatic heterocycles. The molecule has 0 spiro atoms. The van der Waals surface area contributed by atoms with Gasteiger partial charge in [0.2, 0.25) is 0 Å². The van der Waals surface area contributed by atoms with Crippen molar-refractivity contribution in [3.63, 3.8) is 0 Å². The molecule has 3 heterocycles. The molecule has 1 fully saturated rings. The van der Waals surface area contributed by atoms with Crippen molar-refractivity contribution in [1.29, 1.82) is 0 Å². The minimum absolute atomic E-state index is 0.774. The van der Waals surface area contributed by atoms with Crippen molar-refractivity contribution in [1.82, 2.24) is 15.0 Å². The Morgan fingerprint density at radius 2 is 2.11 bits per heavy atom. The smallest absolute Gasteiger partial charge is 0.142 e. The zero-order chi connectivity index (χ0) is 12.2. The first-order chi connectivity index (χ1) is 8.95. The SMILES string of the molecule is c1nc(N2CCCCCOCC2)c2cc[nH]c2n1. The van der Waals surface area contributed by atoms with Crippen LogP contribution in [0.15, 0.2) is 18.6 Å². The van der Waals surface area contributed by atoms with Gasteiger partial charge in [-0.1, -0.05) is 0 Å². The number of nitrogens with zero attached hydrogens (tertiary/aromatic N) is 3. The van der Waals surface area contributed by atoms with Crippen LogP contribution in [0.1, 0.15) is 19.3 Å². The molecule has 18 heavy (non-hydrogen) atoms. The Hall–Kier alpha value is -1.62. The van der Waals surface area contributed by atoms with Crippen LogP contribution < -0.4 is 4.90 Å². The number of H-pyrrole nitrogens is 1. The monoisotopic (exact) mass is 246 g/mol. The van der Waals surface area contributed by atoms with Gasteiger partial charge >= 0.3 is 0 Å². The van der Waals surface area contributed by atoms with Crippen molar-refractivity contribution in [2.75, 3.05) is 31.2 Å². The summed E-state index contributed by atoms with van der Waals surface area (Å²) in [6.45, 7) is 3.60. The average Bonchev–Trinajstić information content (AvgIpc) is 2.91. The summed E-state index contributed by atoms with van der Waals surface area (Å²) in [5.74, 6) is 1.02. The molecule has 1 aliphatic rings. The van der Waals surface area contributed by atoms with Crippen LogP contribution in [0.25, 0.3) is 11.0 Å². The van der Waals surface area contributed by atoms with E-state index in [1.807, 2.05) is 12.3 Å². The first-order valence-electron chi connectivity index (χ1n) is 6.56. The highest BCUT2D eigenvalue weighted by molar-refractivity contribution is 5.87. The lowest BCUT2D eigenvalue weighted by Gasteiger charge is -2.23. The first kappa shape index (κ1) is 11.5. The van der Waals surface area contributed by atoms with E-state index < -0.39 is 0 Å². The summed E-state index contributed by atoms with van der Waals surface area (Å²) < 4.78 is 5.61. The van der Waals surface area contributed by atoms with Gasteiger partial charge in [0.25, 0.3) is 0 Å². The Balaban J connectivity index is 1.88. The van der Waals surface area contributed by atoms with E-state index >= 15 is 0 Å². The van der Waals surface area contributed by atoms with Gasteiger partial charge in [0, 0.05) is 25.9 Å². The summed E-state index contributed by atoms with van der Waals surface area (Å²) in [7, 11) is 0. The van der Waals surface area contributed by atoms with E-state index in [0.717, 1.165) is 49.6 Å². The Morgan fingerprint density at radius 3 is 3.11 bits per heavy atom. The summed E-state index contributed by atoms with van der Waals surface area (Å²) in [6.07, 6.45) is 7.12. The van der Waals surface area contributed by atoms with Crippen molar-refractivity contribution >= 4 is 16.9 Å². The molecule has 0 atom stereocenters. The van der Waals surface area contributed by atoms with Gasteiger partial charge < -0.3 is 14.6 Å². The second-order valence-electron chi connectivity index (χ2n) is 4.60. The molecular formula is C13H18N4O. The predicted molar refractivity (Wildman–Crippen MR) is 70.8 cm³/mol. The van der Waals surface area contributed by atoms with E-state index in [4.69, 9.17) is 4.74 Å². The molecule has 0 bridgehead atoms. The van der Waals surface area contributed by atoms with E-state index in [1.54, 1.807) is 6.33 Å². The fourth-order valence-corrected chi connectivity index (χ4v) is 2.39. The van der Waals surface area contributed by atoms with E-state index in [9.17, 15) is 0 Å². The zero-order valence-corrected chi connectivity index (χ0v) is 10.4.